The number of furan rings is 1. The third-order valence-corrected chi connectivity index (χ3v) is 3.24. The van der Waals surface area contributed by atoms with E-state index in [1.807, 2.05) is 25.1 Å². The highest BCUT2D eigenvalue weighted by molar-refractivity contribution is 6.31. The lowest BCUT2D eigenvalue weighted by Crippen LogP contribution is -2.23. The number of hydrogen-bond acceptors (Lipinski definition) is 2. The molecule has 0 amide bonds. The Morgan fingerprint density at radius 1 is 1.33 bits per heavy atom. The molecule has 0 fully saturated rings. The van der Waals surface area contributed by atoms with Crippen molar-refractivity contribution in [3.63, 3.8) is 0 Å². The molecule has 1 N–H and O–H groups in total. The number of halogens is 1. The summed E-state index contributed by atoms with van der Waals surface area (Å²) < 4.78 is 5.40. The van der Waals surface area contributed by atoms with Gasteiger partial charge in [-0.25, -0.2) is 0 Å². The molecule has 0 saturated carbocycles. The molecule has 2 nitrogen and oxygen atoms in total. The highest BCUT2D eigenvalue weighted by Crippen LogP contribution is 2.29. The number of rotatable bonds is 5. The van der Waals surface area contributed by atoms with Gasteiger partial charge >= 0.3 is 0 Å². The molecule has 3 heteroatoms. The molecule has 0 aliphatic carbocycles. The van der Waals surface area contributed by atoms with Crippen molar-refractivity contribution < 1.29 is 4.42 Å². The van der Waals surface area contributed by atoms with Crippen molar-refractivity contribution in [2.24, 2.45) is 0 Å². The first kappa shape index (κ1) is 13.2. The van der Waals surface area contributed by atoms with Gasteiger partial charge in [-0.15, -0.1) is 0 Å². The predicted molar refractivity (Wildman–Crippen MR) is 75.0 cm³/mol. The maximum atomic E-state index is 6.28. The molecule has 0 radical (unpaired) electrons. The van der Waals surface area contributed by atoms with E-state index in [-0.39, 0.29) is 6.04 Å². The zero-order chi connectivity index (χ0) is 13.0. The van der Waals surface area contributed by atoms with Crippen molar-refractivity contribution in [2.75, 3.05) is 6.54 Å². The number of aryl methyl sites for hydroxylation is 1. The minimum atomic E-state index is 0.0936. The summed E-state index contributed by atoms with van der Waals surface area (Å²) in [5, 5.41) is 4.29. The van der Waals surface area contributed by atoms with Crippen molar-refractivity contribution in [3.05, 3.63) is 58.5 Å². The Kier molecular flexibility index (Phi) is 4.45. The summed E-state index contributed by atoms with van der Waals surface area (Å²) in [7, 11) is 0. The Bertz CT molecular complexity index is 507. The van der Waals surface area contributed by atoms with Gasteiger partial charge in [-0.05, 0) is 37.6 Å². The molecule has 1 atom stereocenters. The topological polar surface area (TPSA) is 25.2 Å². The third-order valence-electron chi connectivity index (χ3n) is 2.90. The zero-order valence-electron chi connectivity index (χ0n) is 10.7. The second-order valence-corrected chi connectivity index (χ2v) is 4.81. The lowest BCUT2D eigenvalue weighted by Gasteiger charge is -2.18. The van der Waals surface area contributed by atoms with Crippen molar-refractivity contribution in [1.82, 2.24) is 5.32 Å². The maximum Gasteiger partial charge on any atom is 0.101 e. The number of hydrogen-bond donors (Lipinski definition) is 1. The average Bonchev–Trinajstić information content (AvgIpc) is 2.78. The minimum absolute atomic E-state index is 0.0936. The van der Waals surface area contributed by atoms with Gasteiger partial charge in [0.1, 0.15) is 5.76 Å². The first-order valence-corrected chi connectivity index (χ1v) is 6.63. The lowest BCUT2D eigenvalue weighted by atomic mass is 10.0. The molecule has 2 rings (SSSR count). The average molecular weight is 264 g/mol. The Balaban J connectivity index is 2.33. The van der Waals surface area contributed by atoms with Crippen molar-refractivity contribution in [2.45, 2.75) is 26.3 Å². The second kappa shape index (κ2) is 6.07. The number of benzene rings is 1. The lowest BCUT2D eigenvalue weighted by molar-refractivity contribution is 0.524. The molecule has 96 valence electrons. The van der Waals surface area contributed by atoms with Crippen molar-refractivity contribution in [1.29, 1.82) is 0 Å². The van der Waals surface area contributed by atoms with Gasteiger partial charge in [-0.3, -0.25) is 0 Å². The standard InChI is InChI=1S/C15H18ClNO/c1-3-8-17-15(12-9-11(2)18-10-12)13-6-4-5-7-14(13)16/h4-7,9-10,15,17H,3,8H2,1-2H3. The van der Waals surface area contributed by atoms with Crippen LogP contribution >= 0.6 is 11.6 Å². The van der Waals surface area contributed by atoms with E-state index in [1.165, 1.54) is 0 Å². The van der Waals surface area contributed by atoms with Gasteiger partial charge < -0.3 is 9.73 Å². The summed E-state index contributed by atoms with van der Waals surface area (Å²) >= 11 is 6.28. The van der Waals surface area contributed by atoms with E-state index in [4.69, 9.17) is 16.0 Å². The Morgan fingerprint density at radius 2 is 2.11 bits per heavy atom. The normalized spacial score (nSPS) is 12.6. The molecule has 0 bridgehead atoms. The molecule has 1 unspecified atom stereocenters. The monoisotopic (exact) mass is 263 g/mol. The van der Waals surface area contributed by atoms with Gasteiger partial charge in [-0.2, -0.15) is 0 Å². The van der Waals surface area contributed by atoms with Crippen molar-refractivity contribution >= 4 is 11.6 Å². The molecule has 0 saturated heterocycles. The maximum absolute atomic E-state index is 6.28. The van der Waals surface area contributed by atoms with E-state index in [2.05, 4.69) is 24.4 Å². The van der Waals surface area contributed by atoms with Gasteiger partial charge in [0, 0.05) is 10.6 Å². The highest BCUT2D eigenvalue weighted by Gasteiger charge is 2.17. The molecule has 18 heavy (non-hydrogen) atoms. The second-order valence-electron chi connectivity index (χ2n) is 4.40. The molecule has 0 aliphatic rings. The van der Waals surface area contributed by atoms with Gasteiger partial charge in [0.2, 0.25) is 0 Å². The summed E-state index contributed by atoms with van der Waals surface area (Å²) in [5.74, 6) is 0.917. The SMILES string of the molecule is CCCNC(c1coc(C)c1)c1ccccc1Cl. The van der Waals surface area contributed by atoms with Gasteiger partial charge in [-0.1, -0.05) is 36.7 Å². The van der Waals surface area contributed by atoms with Crippen LogP contribution < -0.4 is 5.32 Å². The van der Waals surface area contributed by atoms with E-state index < -0.39 is 0 Å². The molecule has 1 aromatic heterocycles. The summed E-state index contributed by atoms with van der Waals surface area (Å²) in [4.78, 5) is 0. The summed E-state index contributed by atoms with van der Waals surface area (Å²) in [6.45, 7) is 5.05. The van der Waals surface area contributed by atoms with E-state index in [0.717, 1.165) is 34.9 Å². The molecular formula is C15H18ClNO. The van der Waals surface area contributed by atoms with Crippen LogP contribution in [0.5, 0.6) is 0 Å². The Hall–Kier alpha value is -1.25. The first-order valence-electron chi connectivity index (χ1n) is 6.25. The van der Waals surface area contributed by atoms with Crippen LogP contribution in [0.4, 0.5) is 0 Å². The molecular weight excluding hydrogens is 246 g/mol. The third kappa shape index (κ3) is 2.95. The van der Waals surface area contributed by atoms with Gasteiger partial charge in [0.25, 0.3) is 0 Å². The van der Waals surface area contributed by atoms with Crippen LogP contribution in [0.3, 0.4) is 0 Å². The molecule has 1 heterocycles. The Morgan fingerprint density at radius 3 is 2.72 bits per heavy atom. The smallest absolute Gasteiger partial charge is 0.101 e. The molecule has 1 aromatic carbocycles. The zero-order valence-corrected chi connectivity index (χ0v) is 11.5. The fourth-order valence-electron chi connectivity index (χ4n) is 2.02. The van der Waals surface area contributed by atoms with Crippen molar-refractivity contribution in [3.8, 4) is 0 Å². The number of nitrogens with one attached hydrogen (secondary N) is 1. The van der Waals surface area contributed by atoms with Crippen LogP contribution in [-0.2, 0) is 0 Å². The molecule has 2 aromatic rings. The van der Waals surface area contributed by atoms with E-state index in [9.17, 15) is 0 Å². The fraction of sp³-hybridized carbons (Fsp3) is 0.333. The van der Waals surface area contributed by atoms with Crippen LogP contribution in [-0.4, -0.2) is 6.54 Å². The van der Waals surface area contributed by atoms with Crippen LogP contribution in [0.2, 0.25) is 5.02 Å². The Labute approximate surface area is 113 Å². The van der Waals surface area contributed by atoms with Gasteiger partial charge in [0.05, 0.1) is 12.3 Å². The predicted octanol–water partition coefficient (Wildman–Crippen LogP) is 4.33. The minimum Gasteiger partial charge on any atom is -0.469 e. The van der Waals surface area contributed by atoms with E-state index in [0.29, 0.717) is 0 Å². The largest absolute Gasteiger partial charge is 0.469 e. The summed E-state index contributed by atoms with van der Waals surface area (Å²) in [6.07, 6.45) is 2.88. The summed E-state index contributed by atoms with van der Waals surface area (Å²) in [5.41, 5.74) is 2.21. The van der Waals surface area contributed by atoms with Crippen LogP contribution in [0.25, 0.3) is 0 Å². The first-order chi connectivity index (χ1) is 8.72. The van der Waals surface area contributed by atoms with Crippen LogP contribution in [0, 0.1) is 6.92 Å². The van der Waals surface area contributed by atoms with E-state index >= 15 is 0 Å². The molecule has 0 aliphatic heterocycles. The van der Waals surface area contributed by atoms with E-state index in [1.54, 1.807) is 6.26 Å². The van der Waals surface area contributed by atoms with Crippen LogP contribution in [0.15, 0.2) is 41.0 Å². The quantitative estimate of drug-likeness (QED) is 0.869. The summed E-state index contributed by atoms with van der Waals surface area (Å²) in [6, 6.07) is 10.1. The highest BCUT2D eigenvalue weighted by atomic mass is 35.5. The molecule has 0 spiro atoms. The van der Waals surface area contributed by atoms with Gasteiger partial charge in [0.15, 0.2) is 0 Å². The fourth-order valence-corrected chi connectivity index (χ4v) is 2.27. The van der Waals surface area contributed by atoms with Crippen LogP contribution in [0.1, 0.15) is 36.3 Å².